The number of nitro benzene ring substituents is 1. The second-order valence-corrected chi connectivity index (χ2v) is 7.07. The average Bonchev–Trinajstić information content (AvgIpc) is 2.25. The molecule has 0 aliphatic rings. The normalized spacial score (nSPS) is 12.4. The maximum absolute atomic E-state index is 12.0. The van der Waals surface area contributed by atoms with Gasteiger partial charge in [0, 0.05) is 12.1 Å². The molecule has 0 aliphatic heterocycles. The Morgan fingerprint density at radius 3 is 2.37 bits per heavy atom. The van der Waals surface area contributed by atoms with Crippen molar-refractivity contribution in [3.8, 4) is 0 Å². The number of hydrogen-bond donors (Lipinski definition) is 0. The fourth-order valence-electron chi connectivity index (χ4n) is 1.29. The fourth-order valence-corrected chi connectivity index (χ4v) is 2.65. The van der Waals surface area contributed by atoms with Crippen LogP contribution in [0.25, 0.3) is 0 Å². The summed E-state index contributed by atoms with van der Waals surface area (Å²) in [5, 5.41) is 10.7. The summed E-state index contributed by atoms with van der Waals surface area (Å²) in [6.45, 7) is 7.09. The van der Waals surface area contributed by atoms with Crippen molar-refractivity contribution in [3.05, 3.63) is 33.9 Å². The van der Waals surface area contributed by atoms with E-state index in [4.69, 9.17) is 4.18 Å². The standard InChI is InChI=1S/C12H17NO5S/c1-9-5-6-10(13(14)15)7-11(9)19(16,17)18-8-12(2,3)4/h5-7H,8H2,1-4H3. The van der Waals surface area contributed by atoms with Gasteiger partial charge in [0.2, 0.25) is 0 Å². The minimum atomic E-state index is -3.98. The molecule has 19 heavy (non-hydrogen) atoms. The van der Waals surface area contributed by atoms with Crippen LogP contribution in [0.5, 0.6) is 0 Å². The molecular weight excluding hydrogens is 270 g/mol. The van der Waals surface area contributed by atoms with Crippen molar-refractivity contribution < 1.29 is 17.5 Å². The van der Waals surface area contributed by atoms with Gasteiger partial charge in [0.15, 0.2) is 0 Å². The largest absolute Gasteiger partial charge is 0.297 e. The molecule has 6 nitrogen and oxygen atoms in total. The van der Waals surface area contributed by atoms with E-state index in [0.29, 0.717) is 5.56 Å². The van der Waals surface area contributed by atoms with E-state index in [-0.39, 0.29) is 22.6 Å². The lowest BCUT2D eigenvalue weighted by Crippen LogP contribution is -2.19. The van der Waals surface area contributed by atoms with Crippen LogP contribution in [0.1, 0.15) is 26.3 Å². The minimum absolute atomic E-state index is 0.0114. The molecule has 0 unspecified atom stereocenters. The highest BCUT2D eigenvalue weighted by molar-refractivity contribution is 7.86. The van der Waals surface area contributed by atoms with Gasteiger partial charge in [-0.2, -0.15) is 8.42 Å². The first kappa shape index (κ1) is 15.6. The van der Waals surface area contributed by atoms with Crippen molar-refractivity contribution in [1.29, 1.82) is 0 Å². The predicted octanol–water partition coefficient (Wildman–Crippen LogP) is 2.65. The van der Waals surface area contributed by atoms with E-state index in [2.05, 4.69) is 0 Å². The van der Waals surface area contributed by atoms with Crippen LogP contribution in [0.15, 0.2) is 23.1 Å². The van der Waals surface area contributed by atoms with Crippen LogP contribution in [0.3, 0.4) is 0 Å². The van der Waals surface area contributed by atoms with Gasteiger partial charge in [-0.05, 0) is 17.9 Å². The summed E-state index contributed by atoms with van der Waals surface area (Å²) in [5.41, 5.74) is -0.176. The maximum Gasteiger partial charge on any atom is 0.297 e. The number of benzene rings is 1. The van der Waals surface area contributed by atoms with Gasteiger partial charge in [-0.3, -0.25) is 14.3 Å². The first-order chi connectivity index (χ1) is 8.53. The number of non-ortho nitro benzene ring substituents is 1. The highest BCUT2D eigenvalue weighted by atomic mass is 32.2. The number of hydrogen-bond acceptors (Lipinski definition) is 5. The van der Waals surface area contributed by atoms with Gasteiger partial charge in [0.05, 0.1) is 11.5 Å². The van der Waals surface area contributed by atoms with Crippen molar-refractivity contribution in [2.45, 2.75) is 32.6 Å². The van der Waals surface area contributed by atoms with Crippen molar-refractivity contribution in [2.75, 3.05) is 6.61 Å². The molecule has 0 fully saturated rings. The topological polar surface area (TPSA) is 86.5 Å². The fraction of sp³-hybridized carbons (Fsp3) is 0.500. The molecule has 0 heterocycles. The Hall–Kier alpha value is -1.47. The zero-order valence-electron chi connectivity index (χ0n) is 11.3. The molecule has 0 bridgehead atoms. The molecule has 1 rings (SSSR count). The second-order valence-electron chi connectivity index (χ2n) is 5.48. The van der Waals surface area contributed by atoms with Crippen LogP contribution >= 0.6 is 0 Å². The molecule has 0 radical (unpaired) electrons. The lowest BCUT2D eigenvalue weighted by Gasteiger charge is -2.18. The van der Waals surface area contributed by atoms with Crippen LogP contribution < -0.4 is 0 Å². The molecule has 0 atom stereocenters. The summed E-state index contributed by atoms with van der Waals surface area (Å²) in [5.74, 6) is 0. The smallest absolute Gasteiger partial charge is 0.266 e. The number of rotatable bonds is 4. The van der Waals surface area contributed by atoms with Gasteiger partial charge in [0.25, 0.3) is 15.8 Å². The Bertz CT molecular complexity index is 587. The predicted molar refractivity (Wildman–Crippen MR) is 70.4 cm³/mol. The van der Waals surface area contributed by atoms with Crippen molar-refractivity contribution in [3.63, 3.8) is 0 Å². The summed E-state index contributed by atoms with van der Waals surface area (Å²) in [6, 6.07) is 3.68. The van der Waals surface area contributed by atoms with Crippen molar-refractivity contribution >= 4 is 15.8 Å². The van der Waals surface area contributed by atoms with Gasteiger partial charge >= 0.3 is 0 Å². The van der Waals surface area contributed by atoms with Crippen molar-refractivity contribution in [1.82, 2.24) is 0 Å². The van der Waals surface area contributed by atoms with Gasteiger partial charge in [0.1, 0.15) is 4.90 Å². The number of nitro groups is 1. The Balaban J connectivity index is 3.14. The van der Waals surface area contributed by atoms with Crippen molar-refractivity contribution in [2.24, 2.45) is 5.41 Å². The third-order valence-corrected chi connectivity index (χ3v) is 3.71. The van der Waals surface area contributed by atoms with Crippen LogP contribution in [-0.4, -0.2) is 19.9 Å². The van der Waals surface area contributed by atoms with Gasteiger partial charge < -0.3 is 0 Å². The SMILES string of the molecule is Cc1ccc([N+](=O)[O-])cc1S(=O)(=O)OCC(C)(C)C. The molecule has 0 aromatic heterocycles. The van der Waals surface area contributed by atoms with Crippen LogP contribution in [0.2, 0.25) is 0 Å². The molecule has 1 aromatic carbocycles. The highest BCUT2D eigenvalue weighted by Gasteiger charge is 2.24. The van der Waals surface area contributed by atoms with E-state index >= 15 is 0 Å². The number of nitrogens with zero attached hydrogens (tertiary/aromatic N) is 1. The van der Waals surface area contributed by atoms with E-state index in [9.17, 15) is 18.5 Å². The van der Waals surface area contributed by atoms with E-state index in [0.717, 1.165) is 6.07 Å². The Morgan fingerprint density at radius 2 is 1.89 bits per heavy atom. The third-order valence-electron chi connectivity index (χ3n) is 2.30. The number of aryl methyl sites for hydroxylation is 1. The molecule has 106 valence electrons. The first-order valence-electron chi connectivity index (χ1n) is 5.67. The van der Waals surface area contributed by atoms with E-state index in [1.807, 2.05) is 20.8 Å². The van der Waals surface area contributed by atoms with E-state index in [1.165, 1.54) is 12.1 Å². The summed E-state index contributed by atoms with van der Waals surface area (Å²) in [4.78, 5) is 9.88. The van der Waals surface area contributed by atoms with Gasteiger partial charge in [-0.25, -0.2) is 0 Å². The van der Waals surface area contributed by atoms with E-state index < -0.39 is 15.0 Å². The van der Waals surface area contributed by atoms with Crippen LogP contribution in [0.4, 0.5) is 5.69 Å². The monoisotopic (exact) mass is 287 g/mol. The van der Waals surface area contributed by atoms with Crippen LogP contribution in [-0.2, 0) is 14.3 Å². The molecule has 7 heteroatoms. The molecular formula is C12H17NO5S. The first-order valence-corrected chi connectivity index (χ1v) is 7.08. The molecule has 1 aromatic rings. The zero-order chi connectivity index (χ0) is 14.8. The summed E-state index contributed by atoms with van der Waals surface area (Å²) in [6.07, 6.45) is 0. The second kappa shape index (κ2) is 5.26. The lowest BCUT2D eigenvalue weighted by molar-refractivity contribution is -0.385. The molecule has 0 aliphatic carbocycles. The van der Waals surface area contributed by atoms with Gasteiger partial charge in [-0.1, -0.05) is 26.8 Å². The molecule has 0 N–H and O–H groups in total. The van der Waals surface area contributed by atoms with Gasteiger partial charge in [-0.15, -0.1) is 0 Å². The molecule has 0 saturated carbocycles. The Labute approximate surface area is 112 Å². The Morgan fingerprint density at radius 1 is 1.32 bits per heavy atom. The highest BCUT2D eigenvalue weighted by Crippen LogP contribution is 2.25. The third kappa shape index (κ3) is 4.29. The maximum atomic E-state index is 12.0. The minimum Gasteiger partial charge on any atom is -0.266 e. The molecule has 0 amide bonds. The van der Waals surface area contributed by atoms with Crippen LogP contribution in [0, 0.1) is 22.5 Å². The molecule has 0 spiro atoms. The Kier molecular flexibility index (Phi) is 4.32. The summed E-state index contributed by atoms with van der Waals surface area (Å²) < 4.78 is 29.0. The summed E-state index contributed by atoms with van der Waals surface area (Å²) in [7, 11) is -3.98. The lowest BCUT2D eigenvalue weighted by atomic mass is 9.99. The summed E-state index contributed by atoms with van der Waals surface area (Å²) >= 11 is 0. The quantitative estimate of drug-likeness (QED) is 0.482. The molecule has 0 saturated heterocycles. The van der Waals surface area contributed by atoms with E-state index in [1.54, 1.807) is 6.92 Å². The average molecular weight is 287 g/mol. The zero-order valence-corrected chi connectivity index (χ0v) is 12.2.